The fourth-order valence-corrected chi connectivity index (χ4v) is 3.95. The number of carbonyl (C=O) groups excluding carboxylic acids is 2. The first kappa shape index (κ1) is 19.2. The monoisotopic (exact) mass is 390 g/mol. The summed E-state index contributed by atoms with van der Waals surface area (Å²) in [5.74, 6) is 0.757. The maximum absolute atomic E-state index is 12.8. The normalized spacial score (nSPS) is 16.0. The van der Waals surface area contributed by atoms with Crippen molar-refractivity contribution in [2.24, 2.45) is 5.92 Å². The summed E-state index contributed by atoms with van der Waals surface area (Å²) in [7, 11) is 0. The number of fused-ring (bicyclic) bond motifs is 1. The average Bonchev–Trinajstić information content (AvgIpc) is 3.18. The van der Waals surface area contributed by atoms with Crippen LogP contribution in [-0.4, -0.2) is 29.8 Å². The number of carbonyl (C=O) groups is 2. The van der Waals surface area contributed by atoms with Crippen LogP contribution in [0.5, 0.6) is 0 Å². The smallest absolute Gasteiger partial charge is 0.254 e. The molecule has 0 saturated carbocycles. The lowest BCUT2D eigenvalue weighted by atomic mass is 9.94. The SMILES string of the molecule is Cc1ccccc1C(=O)N1CCC(C(=O)NC(C)c2cc3ccccc3o2)CC1. The Hall–Kier alpha value is -3.08. The molecule has 4 rings (SSSR count). The Morgan fingerprint density at radius 2 is 1.76 bits per heavy atom. The molecule has 1 aliphatic heterocycles. The van der Waals surface area contributed by atoms with Gasteiger partial charge in [0, 0.05) is 30.0 Å². The number of amides is 2. The highest BCUT2D eigenvalue weighted by molar-refractivity contribution is 5.95. The van der Waals surface area contributed by atoms with E-state index in [9.17, 15) is 9.59 Å². The summed E-state index contributed by atoms with van der Waals surface area (Å²) < 4.78 is 5.86. The van der Waals surface area contributed by atoms with E-state index >= 15 is 0 Å². The van der Waals surface area contributed by atoms with Gasteiger partial charge in [0.15, 0.2) is 0 Å². The molecule has 5 nitrogen and oxygen atoms in total. The highest BCUT2D eigenvalue weighted by Gasteiger charge is 2.29. The van der Waals surface area contributed by atoms with Crippen LogP contribution in [0.4, 0.5) is 0 Å². The second-order valence-corrected chi connectivity index (χ2v) is 7.80. The zero-order chi connectivity index (χ0) is 20.4. The molecular weight excluding hydrogens is 364 g/mol. The van der Waals surface area contributed by atoms with Gasteiger partial charge in [0.25, 0.3) is 5.91 Å². The van der Waals surface area contributed by atoms with Crippen LogP contribution < -0.4 is 5.32 Å². The van der Waals surface area contributed by atoms with E-state index in [4.69, 9.17) is 4.42 Å². The molecule has 29 heavy (non-hydrogen) atoms. The Balaban J connectivity index is 1.34. The van der Waals surface area contributed by atoms with Crippen molar-refractivity contribution in [2.45, 2.75) is 32.7 Å². The van der Waals surface area contributed by atoms with Crippen molar-refractivity contribution in [3.63, 3.8) is 0 Å². The number of nitrogens with one attached hydrogen (secondary N) is 1. The number of hydrogen-bond donors (Lipinski definition) is 1. The van der Waals surface area contributed by atoms with Crippen molar-refractivity contribution in [1.29, 1.82) is 0 Å². The Morgan fingerprint density at radius 1 is 1.07 bits per heavy atom. The number of aryl methyl sites for hydroxylation is 1. The van der Waals surface area contributed by atoms with Gasteiger partial charge in [-0.25, -0.2) is 0 Å². The maximum Gasteiger partial charge on any atom is 0.254 e. The van der Waals surface area contributed by atoms with Crippen LogP contribution >= 0.6 is 0 Å². The molecule has 2 aromatic carbocycles. The first-order chi connectivity index (χ1) is 14.0. The van der Waals surface area contributed by atoms with Crippen LogP contribution in [-0.2, 0) is 4.79 Å². The summed E-state index contributed by atoms with van der Waals surface area (Å²) in [6.45, 7) is 5.09. The van der Waals surface area contributed by atoms with Gasteiger partial charge in [0.05, 0.1) is 6.04 Å². The van der Waals surface area contributed by atoms with E-state index in [0.29, 0.717) is 25.9 Å². The van der Waals surface area contributed by atoms with Gasteiger partial charge in [-0.1, -0.05) is 36.4 Å². The molecule has 5 heteroatoms. The molecule has 0 bridgehead atoms. The molecule has 1 fully saturated rings. The topological polar surface area (TPSA) is 62.6 Å². The van der Waals surface area contributed by atoms with Crippen molar-refractivity contribution in [3.05, 3.63) is 71.5 Å². The zero-order valence-corrected chi connectivity index (χ0v) is 16.9. The predicted molar refractivity (Wildman–Crippen MR) is 113 cm³/mol. The third-order valence-corrected chi connectivity index (χ3v) is 5.76. The number of piperidine rings is 1. The highest BCUT2D eigenvalue weighted by Crippen LogP contribution is 2.25. The molecule has 0 spiro atoms. The van der Waals surface area contributed by atoms with Crippen molar-refractivity contribution in [2.75, 3.05) is 13.1 Å². The summed E-state index contributed by atoms with van der Waals surface area (Å²) in [5.41, 5.74) is 2.55. The second-order valence-electron chi connectivity index (χ2n) is 7.80. The summed E-state index contributed by atoms with van der Waals surface area (Å²) in [4.78, 5) is 27.4. The quantitative estimate of drug-likeness (QED) is 0.715. The summed E-state index contributed by atoms with van der Waals surface area (Å²) in [6, 6.07) is 17.3. The molecule has 1 atom stereocenters. The lowest BCUT2D eigenvalue weighted by molar-refractivity contribution is -0.127. The van der Waals surface area contributed by atoms with Crippen LogP contribution in [0.2, 0.25) is 0 Å². The summed E-state index contributed by atoms with van der Waals surface area (Å²) in [5, 5.41) is 4.11. The number of nitrogens with zero attached hydrogens (tertiary/aromatic N) is 1. The molecule has 150 valence electrons. The van der Waals surface area contributed by atoms with Crippen LogP contribution in [0.1, 0.15) is 47.5 Å². The molecule has 1 unspecified atom stereocenters. The number of benzene rings is 2. The third-order valence-electron chi connectivity index (χ3n) is 5.76. The molecule has 1 saturated heterocycles. The van der Waals surface area contributed by atoms with Crippen LogP contribution in [0, 0.1) is 12.8 Å². The minimum atomic E-state index is -0.193. The van der Waals surface area contributed by atoms with E-state index in [2.05, 4.69) is 5.32 Å². The molecule has 2 heterocycles. The maximum atomic E-state index is 12.8. The van der Waals surface area contributed by atoms with Gasteiger partial charge in [-0.2, -0.15) is 0 Å². The molecule has 3 aromatic rings. The number of likely N-dealkylation sites (tertiary alicyclic amines) is 1. The minimum Gasteiger partial charge on any atom is -0.459 e. The van der Waals surface area contributed by atoms with Crippen molar-refractivity contribution in [3.8, 4) is 0 Å². The molecule has 1 N–H and O–H groups in total. The largest absolute Gasteiger partial charge is 0.459 e. The Bertz CT molecular complexity index is 998. The molecular formula is C24H26N2O3. The third kappa shape index (κ3) is 4.04. The molecule has 1 aliphatic rings. The van der Waals surface area contributed by atoms with Gasteiger partial charge >= 0.3 is 0 Å². The standard InChI is InChI=1S/C24H26N2O3/c1-16-7-3-5-9-20(16)24(28)26-13-11-18(12-14-26)23(27)25-17(2)22-15-19-8-4-6-10-21(19)29-22/h3-10,15,17-18H,11-14H2,1-2H3,(H,25,27). The van der Waals surface area contributed by atoms with Crippen molar-refractivity contribution < 1.29 is 14.0 Å². The predicted octanol–water partition coefficient (Wildman–Crippen LogP) is 4.47. The number of para-hydroxylation sites is 1. The Kier molecular flexibility index (Phi) is 5.38. The first-order valence-corrected chi connectivity index (χ1v) is 10.2. The number of rotatable bonds is 4. The van der Waals surface area contributed by atoms with Gasteiger partial charge in [-0.3, -0.25) is 9.59 Å². The average molecular weight is 390 g/mol. The van der Waals surface area contributed by atoms with E-state index in [1.54, 1.807) is 0 Å². The first-order valence-electron chi connectivity index (χ1n) is 10.2. The van der Waals surface area contributed by atoms with E-state index < -0.39 is 0 Å². The summed E-state index contributed by atoms with van der Waals surface area (Å²) >= 11 is 0. The Labute approximate surface area is 170 Å². The van der Waals surface area contributed by atoms with E-state index in [-0.39, 0.29) is 23.8 Å². The number of hydrogen-bond acceptors (Lipinski definition) is 3. The van der Waals surface area contributed by atoms with Gasteiger partial charge in [-0.05, 0) is 50.5 Å². The van der Waals surface area contributed by atoms with E-state index in [1.807, 2.05) is 73.3 Å². The summed E-state index contributed by atoms with van der Waals surface area (Å²) in [6.07, 6.45) is 1.35. The second kappa shape index (κ2) is 8.11. The molecule has 1 aromatic heterocycles. The zero-order valence-electron chi connectivity index (χ0n) is 16.9. The van der Waals surface area contributed by atoms with Gasteiger partial charge in [0.2, 0.25) is 5.91 Å². The van der Waals surface area contributed by atoms with Crippen LogP contribution in [0.15, 0.2) is 59.0 Å². The highest BCUT2D eigenvalue weighted by atomic mass is 16.3. The van der Waals surface area contributed by atoms with Crippen LogP contribution in [0.3, 0.4) is 0 Å². The molecule has 2 amide bonds. The van der Waals surface area contributed by atoms with E-state index in [0.717, 1.165) is 27.9 Å². The van der Waals surface area contributed by atoms with Gasteiger partial charge < -0.3 is 14.6 Å². The molecule has 0 aliphatic carbocycles. The fraction of sp³-hybridized carbons (Fsp3) is 0.333. The number of furan rings is 1. The lowest BCUT2D eigenvalue weighted by Gasteiger charge is -2.32. The van der Waals surface area contributed by atoms with Gasteiger partial charge in [0.1, 0.15) is 11.3 Å². The minimum absolute atomic E-state index is 0.0287. The van der Waals surface area contributed by atoms with Crippen LogP contribution in [0.25, 0.3) is 11.0 Å². The van der Waals surface area contributed by atoms with Crippen molar-refractivity contribution in [1.82, 2.24) is 10.2 Å². The van der Waals surface area contributed by atoms with E-state index in [1.165, 1.54) is 0 Å². The van der Waals surface area contributed by atoms with Crippen molar-refractivity contribution >= 4 is 22.8 Å². The van der Waals surface area contributed by atoms with Gasteiger partial charge in [-0.15, -0.1) is 0 Å². The fourth-order valence-electron chi connectivity index (χ4n) is 3.95. The lowest BCUT2D eigenvalue weighted by Crippen LogP contribution is -2.43. The Morgan fingerprint density at radius 3 is 2.48 bits per heavy atom. The molecule has 0 radical (unpaired) electrons.